The Morgan fingerprint density at radius 3 is 2.38 bits per heavy atom. The Kier molecular flexibility index (Phi) is 4.27. The van der Waals surface area contributed by atoms with Crippen LogP contribution in [0.5, 0.6) is 0 Å². The lowest BCUT2D eigenvalue weighted by atomic mass is 10.2. The van der Waals surface area contributed by atoms with Crippen LogP contribution in [-0.2, 0) is 0 Å². The lowest BCUT2D eigenvalue weighted by Crippen LogP contribution is -1.79. The maximum Gasteiger partial charge on any atom is 0.0320 e. The zero-order chi connectivity index (χ0) is 11.4. The van der Waals surface area contributed by atoms with E-state index in [1.54, 1.807) is 11.8 Å². The fourth-order valence-electron chi connectivity index (χ4n) is 1.39. The Morgan fingerprint density at radius 1 is 0.938 bits per heavy atom. The Labute approximate surface area is 110 Å². The molecule has 16 heavy (non-hydrogen) atoms. The predicted molar refractivity (Wildman–Crippen MR) is 76.6 cm³/mol. The predicted octanol–water partition coefficient (Wildman–Crippen LogP) is 5.08. The van der Waals surface area contributed by atoms with Gasteiger partial charge in [-0.25, -0.2) is 0 Å². The van der Waals surface area contributed by atoms with E-state index in [1.165, 1.54) is 31.0 Å². The minimum absolute atomic E-state index is 1.21. The molecule has 0 atom stereocenters. The number of benzene rings is 2. The van der Waals surface area contributed by atoms with Crippen LogP contribution >= 0.6 is 34.2 Å². The first kappa shape index (κ1) is 12.0. The van der Waals surface area contributed by atoms with E-state index in [9.17, 15) is 0 Å². The minimum Gasteiger partial charge on any atom is -0.106 e. The summed E-state index contributed by atoms with van der Waals surface area (Å²) in [5.74, 6) is 0. The van der Waals surface area contributed by atoms with E-state index in [0.29, 0.717) is 0 Å². The van der Waals surface area contributed by atoms with Crippen LogP contribution in [0.25, 0.3) is 0 Å². The van der Waals surface area contributed by atoms with Crippen molar-refractivity contribution in [2.45, 2.75) is 21.6 Å². The smallest absolute Gasteiger partial charge is 0.0320 e. The second kappa shape index (κ2) is 5.71. The number of hydrogen-bond donors (Lipinski definition) is 1. The van der Waals surface area contributed by atoms with E-state index in [4.69, 9.17) is 0 Å². The molecule has 0 N–H and O–H groups in total. The van der Waals surface area contributed by atoms with E-state index in [-0.39, 0.29) is 0 Å². The molecule has 0 saturated heterocycles. The molecule has 0 aromatic heterocycles. The molecular formula is C13H12S3. The number of thiol groups is 1. The number of aryl methyl sites for hydroxylation is 1. The molecule has 2 rings (SSSR count). The summed E-state index contributed by atoms with van der Waals surface area (Å²) in [5, 5.41) is 0. The monoisotopic (exact) mass is 264 g/mol. The van der Waals surface area contributed by atoms with Crippen LogP contribution in [0.4, 0.5) is 0 Å². The molecule has 3 heteroatoms. The highest BCUT2D eigenvalue weighted by atomic mass is 33.1. The van der Waals surface area contributed by atoms with Crippen LogP contribution in [0.15, 0.2) is 63.2 Å². The number of rotatable bonds is 3. The molecule has 0 amide bonds. The zero-order valence-corrected chi connectivity index (χ0v) is 11.4. The lowest BCUT2D eigenvalue weighted by Gasteiger charge is -2.07. The maximum atomic E-state index is 4.28. The Balaban J connectivity index is 2.30. The molecule has 0 saturated carbocycles. The largest absolute Gasteiger partial charge is 0.106 e. The summed E-state index contributed by atoms with van der Waals surface area (Å²) in [5.41, 5.74) is 1.28. The SMILES string of the molecule is Cc1ccc(SS)c(Sc2ccccc2)c1. The normalized spacial score (nSPS) is 10.4. The number of hydrogen-bond acceptors (Lipinski definition) is 3. The van der Waals surface area contributed by atoms with Crippen LogP contribution in [0.3, 0.4) is 0 Å². The van der Waals surface area contributed by atoms with Crippen LogP contribution in [0.2, 0.25) is 0 Å². The van der Waals surface area contributed by atoms with Crippen molar-refractivity contribution in [1.82, 2.24) is 0 Å². The van der Waals surface area contributed by atoms with Gasteiger partial charge in [0.25, 0.3) is 0 Å². The van der Waals surface area contributed by atoms with Gasteiger partial charge in [-0.2, -0.15) is 0 Å². The van der Waals surface area contributed by atoms with Gasteiger partial charge in [0.2, 0.25) is 0 Å². The summed E-state index contributed by atoms with van der Waals surface area (Å²) < 4.78 is 0. The van der Waals surface area contributed by atoms with E-state index in [1.807, 2.05) is 6.07 Å². The van der Waals surface area contributed by atoms with Gasteiger partial charge in [-0.1, -0.05) is 46.8 Å². The molecule has 0 fully saturated rings. The molecule has 2 aromatic carbocycles. The molecule has 0 unspecified atom stereocenters. The molecule has 0 spiro atoms. The van der Waals surface area contributed by atoms with Crippen molar-refractivity contribution >= 4 is 34.2 Å². The highest BCUT2D eigenvalue weighted by molar-refractivity contribution is 8.68. The standard InChI is InChI=1S/C13H12S3/c1-10-7-8-12(16-14)13(9-10)15-11-5-3-2-4-6-11/h2-9,14H,1H3. The molecule has 82 valence electrons. The van der Waals surface area contributed by atoms with Gasteiger partial charge in [0, 0.05) is 14.7 Å². The molecule has 0 aliphatic carbocycles. The fourth-order valence-corrected chi connectivity index (χ4v) is 3.54. The lowest BCUT2D eigenvalue weighted by molar-refractivity contribution is 1.21. The molecule has 0 bridgehead atoms. The zero-order valence-electron chi connectivity index (χ0n) is 8.88. The molecule has 0 aliphatic heterocycles. The summed E-state index contributed by atoms with van der Waals surface area (Å²) in [6.07, 6.45) is 0. The summed E-state index contributed by atoms with van der Waals surface area (Å²) in [4.78, 5) is 3.74. The van der Waals surface area contributed by atoms with Crippen LogP contribution in [-0.4, -0.2) is 0 Å². The Bertz CT molecular complexity index is 466. The second-order valence-electron chi connectivity index (χ2n) is 3.46. The van der Waals surface area contributed by atoms with Gasteiger partial charge < -0.3 is 0 Å². The van der Waals surface area contributed by atoms with Gasteiger partial charge in [-0.3, -0.25) is 0 Å². The van der Waals surface area contributed by atoms with Crippen molar-refractivity contribution in [3.05, 3.63) is 54.1 Å². The van der Waals surface area contributed by atoms with Crippen LogP contribution < -0.4 is 0 Å². The van der Waals surface area contributed by atoms with Crippen LogP contribution in [0, 0.1) is 6.92 Å². The van der Waals surface area contributed by atoms with E-state index < -0.39 is 0 Å². The maximum absolute atomic E-state index is 4.28. The van der Waals surface area contributed by atoms with Crippen LogP contribution in [0.1, 0.15) is 5.56 Å². The minimum atomic E-state index is 1.21. The summed E-state index contributed by atoms with van der Waals surface area (Å²) >= 11 is 6.07. The Hall–Kier alpha value is -0.510. The molecule has 0 heterocycles. The van der Waals surface area contributed by atoms with Gasteiger partial charge in [0.05, 0.1) is 0 Å². The second-order valence-corrected chi connectivity index (χ2v) is 5.74. The van der Waals surface area contributed by atoms with E-state index >= 15 is 0 Å². The average Bonchev–Trinajstić information content (AvgIpc) is 2.31. The first-order chi connectivity index (χ1) is 7.79. The van der Waals surface area contributed by atoms with Crippen molar-refractivity contribution in [2.24, 2.45) is 0 Å². The third-order valence-corrected chi connectivity index (χ3v) is 4.51. The first-order valence-corrected chi connectivity index (χ1v) is 7.63. The van der Waals surface area contributed by atoms with Crippen molar-refractivity contribution < 1.29 is 0 Å². The van der Waals surface area contributed by atoms with Gasteiger partial charge >= 0.3 is 0 Å². The van der Waals surface area contributed by atoms with Crippen molar-refractivity contribution in [1.29, 1.82) is 0 Å². The quantitative estimate of drug-likeness (QED) is 0.606. The van der Waals surface area contributed by atoms with Gasteiger partial charge in [-0.05, 0) is 36.8 Å². The molecule has 2 aromatic rings. The molecular weight excluding hydrogens is 252 g/mol. The van der Waals surface area contributed by atoms with E-state index in [2.05, 4.69) is 61.0 Å². The van der Waals surface area contributed by atoms with Gasteiger partial charge in [-0.15, -0.1) is 11.7 Å². The fraction of sp³-hybridized carbons (Fsp3) is 0.0769. The Morgan fingerprint density at radius 2 is 1.69 bits per heavy atom. The molecule has 0 nitrogen and oxygen atoms in total. The third-order valence-electron chi connectivity index (χ3n) is 2.17. The van der Waals surface area contributed by atoms with Gasteiger partial charge in [0.15, 0.2) is 0 Å². The summed E-state index contributed by atoms with van der Waals surface area (Å²) in [6.45, 7) is 2.11. The summed E-state index contributed by atoms with van der Waals surface area (Å²) in [6, 6.07) is 16.9. The van der Waals surface area contributed by atoms with Gasteiger partial charge in [0.1, 0.15) is 0 Å². The highest BCUT2D eigenvalue weighted by Crippen LogP contribution is 2.37. The topological polar surface area (TPSA) is 0 Å². The first-order valence-electron chi connectivity index (χ1n) is 4.94. The van der Waals surface area contributed by atoms with Crippen molar-refractivity contribution in [2.75, 3.05) is 0 Å². The molecule has 0 aliphatic rings. The van der Waals surface area contributed by atoms with E-state index in [0.717, 1.165) is 0 Å². The summed E-state index contributed by atoms with van der Waals surface area (Å²) in [7, 11) is 1.50. The van der Waals surface area contributed by atoms with Crippen molar-refractivity contribution in [3.63, 3.8) is 0 Å². The van der Waals surface area contributed by atoms with Crippen molar-refractivity contribution in [3.8, 4) is 0 Å². The third kappa shape index (κ3) is 3.00. The average molecular weight is 264 g/mol. The highest BCUT2D eigenvalue weighted by Gasteiger charge is 2.04. The molecule has 0 radical (unpaired) electrons.